The molecule has 1 aromatic heterocycles. The summed E-state index contributed by atoms with van der Waals surface area (Å²) >= 11 is 0. The van der Waals surface area contributed by atoms with Gasteiger partial charge in [-0.1, -0.05) is 5.10 Å². The maximum atomic E-state index is 5.58. The Balaban J connectivity index is 2.01. The summed E-state index contributed by atoms with van der Waals surface area (Å²) < 4.78 is 11.1. The maximum absolute atomic E-state index is 5.58. The van der Waals surface area contributed by atoms with Crippen molar-refractivity contribution in [2.45, 2.75) is 32.9 Å². The van der Waals surface area contributed by atoms with Crippen molar-refractivity contribution in [3.8, 4) is 5.75 Å². The minimum atomic E-state index is 0.0277. The molecule has 2 rings (SSSR count). The van der Waals surface area contributed by atoms with Crippen molar-refractivity contribution in [1.82, 2.24) is 15.5 Å². The molecule has 1 aromatic carbocycles. The number of nitrogens with zero attached hydrogens (tertiary/aromatic N) is 2. The predicted molar refractivity (Wildman–Crippen MR) is 77.3 cm³/mol. The Morgan fingerprint density at radius 3 is 2.40 bits per heavy atom. The number of anilines is 2. The second kappa shape index (κ2) is 6.38. The van der Waals surface area contributed by atoms with Crippen LogP contribution in [0.25, 0.3) is 0 Å². The Kier molecular flexibility index (Phi) is 4.57. The minimum Gasteiger partial charge on any atom is -0.491 e. The van der Waals surface area contributed by atoms with E-state index in [1.807, 2.05) is 52.1 Å². The van der Waals surface area contributed by atoms with Crippen LogP contribution in [-0.4, -0.2) is 23.3 Å². The van der Waals surface area contributed by atoms with Gasteiger partial charge in [0.25, 0.3) is 0 Å². The Bertz CT molecular complexity index is 536. The smallest absolute Gasteiger partial charge is 0.320 e. The largest absolute Gasteiger partial charge is 0.491 e. The van der Waals surface area contributed by atoms with Gasteiger partial charge in [-0.15, -0.1) is 5.10 Å². The second-order valence-corrected chi connectivity index (χ2v) is 4.77. The Morgan fingerprint density at radius 2 is 1.80 bits per heavy atom. The average molecular weight is 276 g/mol. The number of ether oxygens (including phenoxy) is 1. The SMILES string of the molecule is CNC(C)c1nnc(Nc2ccc(OC(C)C)cc2)o1. The maximum Gasteiger partial charge on any atom is 0.320 e. The zero-order valence-corrected chi connectivity index (χ0v) is 12.2. The van der Waals surface area contributed by atoms with Crippen molar-refractivity contribution < 1.29 is 9.15 Å². The van der Waals surface area contributed by atoms with Gasteiger partial charge in [-0.2, -0.15) is 0 Å². The molecule has 0 fully saturated rings. The molecule has 0 aliphatic carbocycles. The fourth-order valence-electron chi connectivity index (χ4n) is 1.60. The topological polar surface area (TPSA) is 72.2 Å². The number of rotatable bonds is 6. The van der Waals surface area contributed by atoms with Gasteiger partial charge >= 0.3 is 6.01 Å². The third kappa shape index (κ3) is 3.71. The number of aromatic nitrogens is 2. The first-order valence-corrected chi connectivity index (χ1v) is 6.63. The Hall–Kier alpha value is -2.08. The molecule has 20 heavy (non-hydrogen) atoms. The quantitative estimate of drug-likeness (QED) is 0.845. The number of benzene rings is 1. The van der Waals surface area contributed by atoms with Gasteiger partial charge in [-0.3, -0.25) is 0 Å². The van der Waals surface area contributed by atoms with Crippen molar-refractivity contribution in [1.29, 1.82) is 0 Å². The number of nitrogens with one attached hydrogen (secondary N) is 2. The van der Waals surface area contributed by atoms with Gasteiger partial charge in [0.1, 0.15) is 5.75 Å². The van der Waals surface area contributed by atoms with Gasteiger partial charge in [0.05, 0.1) is 12.1 Å². The van der Waals surface area contributed by atoms with E-state index in [0.717, 1.165) is 11.4 Å². The molecule has 0 aliphatic heterocycles. The highest BCUT2D eigenvalue weighted by Gasteiger charge is 2.11. The van der Waals surface area contributed by atoms with Gasteiger partial charge in [0.15, 0.2) is 0 Å². The van der Waals surface area contributed by atoms with Crippen LogP contribution in [0.2, 0.25) is 0 Å². The zero-order chi connectivity index (χ0) is 14.5. The molecule has 2 N–H and O–H groups in total. The lowest BCUT2D eigenvalue weighted by molar-refractivity contribution is 0.242. The summed E-state index contributed by atoms with van der Waals surface area (Å²) in [6, 6.07) is 8.01. The lowest BCUT2D eigenvalue weighted by atomic mass is 10.3. The van der Waals surface area contributed by atoms with Crippen LogP contribution in [0.4, 0.5) is 11.7 Å². The van der Waals surface area contributed by atoms with E-state index in [1.165, 1.54) is 0 Å². The molecule has 6 heteroatoms. The standard InChI is InChI=1S/C14H20N4O2/c1-9(2)19-12-7-5-11(6-8-12)16-14-18-17-13(20-14)10(3)15-4/h5-10,15H,1-4H3,(H,16,18). The summed E-state index contributed by atoms with van der Waals surface area (Å²) in [5, 5.41) is 14.0. The molecule has 0 amide bonds. The second-order valence-electron chi connectivity index (χ2n) is 4.77. The highest BCUT2D eigenvalue weighted by atomic mass is 16.5. The van der Waals surface area contributed by atoms with E-state index in [1.54, 1.807) is 0 Å². The van der Waals surface area contributed by atoms with Gasteiger partial charge in [-0.25, -0.2) is 0 Å². The van der Waals surface area contributed by atoms with E-state index in [2.05, 4.69) is 20.8 Å². The van der Waals surface area contributed by atoms with E-state index in [9.17, 15) is 0 Å². The fraction of sp³-hybridized carbons (Fsp3) is 0.429. The molecule has 0 bridgehead atoms. The first-order valence-electron chi connectivity index (χ1n) is 6.63. The Morgan fingerprint density at radius 1 is 1.10 bits per heavy atom. The van der Waals surface area contributed by atoms with Crippen molar-refractivity contribution >= 4 is 11.7 Å². The molecular weight excluding hydrogens is 256 g/mol. The fourth-order valence-corrected chi connectivity index (χ4v) is 1.60. The van der Waals surface area contributed by atoms with Crippen LogP contribution in [0, 0.1) is 0 Å². The van der Waals surface area contributed by atoms with Gasteiger partial charge in [0, 0.05) is 5.69 Å². The summed E-state index contributed by atoms with van der Waals surface area (Å²) in [5.74, 6) is 1.38. The lowest BCUT2D eigenvalue weighted by Gasteiger charge is -2.10. The van der Waals surface area contributed by atoms with Crippen LogP contribution in [-0.2, 0) is 0 Å². The molecule has 108 valence electrons. The molecule has 0 saturated heterocycles. The highest BCUT2D eigenvalue weighted by molar-refractivity contribution is 5.53. The predicted octanol–water partition coefficient (Wildman–Crippen LogP) is 2.88. The lowest BCUT2D eigenvalue weighted by Crippen LogP contribution is -2.12. The number of hydrogen-bond donors (Lipinski definition) is 2. The van der Waals surface area contributed by atoms with E-state index < -0.39 is 0 Å². The number of hydrogen-bond acceptors (Lipinski definition) is 6. The average Bonchev–Trinajstić information content (AvgIpc) is 2.88. The molecule has 0 saturated carbocycles. The summed E-state index contributed by atoms with van der Waals surface area (Å²) in [6.07, 6.45) is 0.162. The molecule has 0 radical (unpaired) electrons. The van der Waals surface area contributed by atoms with Gasteiger partial charge in [-0.05, 0) is 52.1 Å². The zero-order valence-electron chi connectivity index (χ0n) is 12.2. The van der Waals surface area contributed by atoms with Crippen molar-refractivity contribution in [3.63, 3.8) is 0 Å². The van der Waals surface area contributed by atoms with Crippen LogP contribution < -0.4 is 15.4 Å². The van der Waals surface area contributed by atoms with E-state index >= 15 is 0 Å². The highest BCUT2D eigenvalue weighted by Crippen LogP contribution is 2.21. The molecular formula is C14H20N4O2. The normalized spacial score (nSPS) is 12.4. The van der Waals surface area contributed by atoms with Crippen LogP contribution in [0.5, 0.6) is 5.75 Å². The first-order chi connectivity index (χ1) is 9.58. The molecule has 6 nitrogen and oxygen atoms in total. The van der Waals surface area contributed by atoms with Crippen LogP contribution in [0.3, 0.4) is 0 Å². The van der Waals surface area contributed by atoms with Crippen LogP contribution in [0.15, 0.2) is 28.7 Å². The molecule has 0 aliphatic rings. The minimum absolute atomic E-state index is 0.0277. The van der Waals surface area contributed by atoms with Crippen molar-refractivity contribution in [2.75, 3.05) is 12.4 Å². The van der Waals surface area contributed by atoms with Crippen molar-refractivity contribution in [3.05, 3.63) is 30.2 Å². The molecule has 2 aromatic rings. The molecule has 1 atom stereocenters. The Labute approximate surface area is 118 Å². The third-order valence-corrected chi connectivity index (χ3v) is 2.72. The molecule has 1 heterocycles. The monoisotopic (exact) mass is 276 g/mol. The summed E-state index contributed by atoms with van der Waals surface area (Å²) in [5.41, 5.74) is 0.869. The summed E-state index contributed by atoms with van der Waals surface area (Å²) in [4.78, 5) is 0. The van der Waals surface area contributed by atoms with Gasteiger partial charge in [0.2, 0.25) is 5.89 Å². The van der Waals surface area contributed by atoms with E-state index in [-0.39, 0.29) is 12.1 Å². The van der Waals surface area contributed by atoms with Gasteiger partial charge < -0.3 is 19.8 Å². The van der Waals surface area contributed by atoms with E-state index in [4.69, 9.17) is 9.15 Å². The third-order valence-electron chi connectivity index (χ3n) is 2.72. The van der Waals surface area contributed by atoms with Crippen molar-refractivity contribution in [2.24, 2.45) is 0 Å². The summed E-state index contributed by atoms with van der Waals surface area (Å²) in [6.45, 7) is 5.94. The van der Waals surface area contributed by atoms with Crippen LogP contribution in [0.1, 0.15) is 32.7 Å². The summed E-state index contributed by atoms with van der Waals surface area (Å²) in [7, 11) is 1.84. The van der Waals surface area contributed by atoms with Crippen LogP contribution >= 0.6 is 0 Å². The first kappa shape index (κ1) is 14.3. The van der Waals surface area contributed by atoms with E-state index in [0.29, 0.717) is 11.9 Å². The molecule has 1 unspecified atom stereocenters. The molecule has 0 spiro atoms.